The van der Waals surface area contributed by atoms with E-state index < -0.39 is 5.97 Å². The minimum absolute atomic E-state index is 0.207. The van der Waals surface area contributed by atoms with Gasteiger partial charge in [0.2, 0.25) is 0 Å². The molecule has 0 aliphatic heterocycles. The molecule has 0 fully saturated rings. The van der Waals surface area contributed by atoms with Crippen LogP contribution >= 0.6 is 23.8 Å². The second kappa shape index (κ2) is 12.0. The maximum atomic E-state index is 11.0. The summed E-state index contributed by atoms with van der Waals surface area (Å²) in [5.41, 5.74) is 3.72. The fourth-order valence-corrected chi connectivity index (χ4v) is 4.50. The number of aryl methyl sites for hydroxylation is 1. The molecule has 0 heterocycles. The first-order valence-electron chi connectivity index (χ1n) is 10.9. The molecule has 5 nitrogen and oxygen atoms in total. The first kappa shape index (κ1) is 23.5. The van der Waals surface area contributed by atoms with E-state index in [1.807, 2.05) is 24.3 Å². The van der Waals surface area contributed by atoms with Gasteiger partial charge in [-0.1, -0.05) is 35.9 Å². The molecular weight excluding hydrogens is 430 g/mol. The number of nitrogens with zero attached hydrogens (tertiary/aromatic N) is 1. The fraction of sp³-hybridized carbons (Fsp3) is 0.417. The zero-order valence-electron chi connectivity index (χ0n) is 17.6. The summed E-state index contributed by atoms with van der Waals surface area (Å²) >= 11 is 11.3. The lowest BCUT2D eigenvalue weighted by molar-refractivity contribution is -0.137. The van der Waals surface area contributed by atoms with E-state index in [4.69, 9.17) is 28.9 Å². The normalized spacial score (nSPS) is 15.4. The Morgan fingerprint density at radius 1 is 1.13 bits per heavy atom. The van der Waals surface area contributed by atoms with Crippen molar-refractivity contribution in [3.63, 3.8) is 0 Å². The molecular formula is C24H30ClN3O2S. The predicted molar refractivity (Wildman–Crippen MR) is 131 cm³/mol. The highest BCUT2D eigenvalue weighted by molar-refractivity contribution is 7.80. The third-order valence-corrected chi connectivity index (χ3v) is 6.12. The summed E-state index contributed by atoms with van der Waals surface area (Å²) in [6, 6.07) is 16.4. The van der Waals surface area contributed by atoms with E-state index in [-0.39, 0.29) is 6.42 Å². The van der Waals surface area contributed by atoms with E-state index in [1.54, 1.807) is 0 Å². The molecule has 3 rings (SSSR count). The topological polar surface area (TPSA) is 64.6 Å². The second-order valence-electron chi connectivity index (χ2n) is 7.88. The number of carboxylic acid groups (broad SMARTS) is 1. The van der Waals surface area contributed by atoms with Gasteiger partial charge in [0.05, 0.1) is 0 Å². The third-order valence-electron chi connectivity index (χ3n) is 5.62. The molecule has 3 N–H and O–H groups in total. The third kappa shape index (κ3) is 7.49. The number of benzene rings is 2. The van der Waals surface area contributed by atoms with Crippen LogP contribution in [-0.2, 0) is 11.2 Å². The van der Waals surface area contributed by atoms with Crippen LogP contribution in [0.2, 0.25) is 5.02 Å². The Morgan fingerprint density at radius 3 is 2.65 bits per heavy atom. The highest BCUT2D eigenvalue weighted by atomic mass is 35.5. The van der Waals surface area contributed by atoms with E-state index in [0.717, 1.165) is 44.6 Å². The van der Waals surface area contributed by atoms with Crippen LogP contribution in [0.3, 0.4) is 0 Å². The van der Waals surface area contributed by atoms with Crippen molar-refractivity contribution in [3.8, 4) is 0 Å². The molecule has 1 aliphatic rings. The maximum Gasteiger partial charge on any atom is 0.303 e. The summed E-state index contributed by atoms with van der Waals surface area (Å²) in [6.45, 7) is 2.44. The number of carboxylic acids is 1. The zero-order chi connectivity index (χ0) is 22.1. The van der Waals surface area contributed by atoms with Crippen LogP contribution < -0.4 is 10.6 Å². The van der Waals surface area contributed by atoms with Crippen LogP contribution in [0.4, 0.5) is 5.69 Å². The van der Waals surface area contributed by atoms with Gasteiger partial charge in [0.1, 0.15) is 0 Å². The standard InChI is InChI=1S/C24H30ClN3O2S/c25-19-11-13-20(14-12-19)27-24(31)26-15-5-17-28(16-4-10-23(29)30)22-9-3-7-18-6-1-2-8-21(18)22/h1-2,6,8,11-14,22H,3-5,7,9-10,15-17H2,(H,29,30)(H2,26,27,31). The van der Waals surface area contributed by atoms with Gasteiger partial charge < -0.3 is 15.7 Å². The fourth-order valence-electron chi connectivity index (χ4n) is 4.16. The van der Waals surface area contributed by atoms with Gasteiger partial charge in [-0.15, -0.1) is 0 Å². The quantitative estimate of drug-likeness (QED) is 0.332. The van der Waals surface area contributed by atoms with Gasteiger partial charge in [-0.2, -0.15) is 0 Å². The van der Waals surface area contributed by atoms with Gasteiger partial charge in [-0.3, -0.25) is 9.69 Å². The first-order chi connectivity index (χ1) is 15.0. The van der Waals surface area contributed by atoms with Crippen LogP contribution in [0.1, 0.15) is 49.3 Å². The number of anilines is 1. The van der Waals surface area contributed by atoms with Crippen LogP contribution in [0.5, 0.6) is 0 Å². The van der Waals surface area contributed by atoms with Crippen molar-refractivity contribution in [1.82, 2.24) is 10.2 Å². The predicted octanol–water partition coefficient (Wildman–Crippen LogP) is 5.26. The number of thiocarbonyl (C=S) groups is 1. The maximum absolute atomic E-state index is 11.0. The Hall–Kier alpha value is -2.15. The van der Waals surface area contributed by atoms with E-state index in [2.05, 4.69) is 39.8 Å². The second-order valence-corrected chi connectivity index (χ2v) is 8.73. The summed E-state index contributed by atoms with van der Waals surface area (Å²) < 4.78 is 0. The van der Waals surface area contributed by atoms with E-state index >= 15 is 0 Å². The number of hydrogen-bond donors (Lipinski definition) is 3. The van der Waals surface area contributed by atoms with E-state index in [1.165, 1.54) is 17.5 Å². The van der Waals surface area contributed by atoms with Crippen LogP contribution in [0, 0.1) is 0 Å². The van der Waals surface area contributed by atoms with Gasteiger partial charge >= 0.3 is 5.97 Å². The molecule has 1 unspecified atom stereocenters. The van der Waals surface area contributed by atoms with Gasteiger partial charge in [0.25, 0.3) is 0 Å². The number of hydrogen-bond acceptors (Lipinski definition) is 3. The molecule has 0 spiro atoms. The Balaban J connectivity index is 1.52. The SMILES string of the molecule is O=C(O)CCCN(CCCNC(=S)Nc1ccc(Cl)cc1)C1CCCc2ccccc21. The van der Waals surface area contributed by atoms with Gasteiger partial charge in [-0.05, 0) is 86.3 Å². The molecule has 7 heteroatoms. The smallest absolute Gasteiger partial charge is 0.303 e. The molecule has 0 saturated carbocycles. The van der Waals surface area contributed by atoms with E-state index in [9.17, 15) is 4.79 Å². The first-order valence-corrected chi connectivity index (χ1v) is 11.7. The summed E-state index contributed by atoms with van der Waals surface area (Å²) in [7, 11) is 0. The van der Waals surface area contributed by atoms with Crippen LogP contribution in [0.25, 0.3) is 0 Å². The van der Waals surface area contributed by atoms with Crippen molar-refractivity contribution >= 4 is 40.6 Å². The summed E-state index contributed by atoms with van der Waals surface area (Å²) in [5.74, 6) is -0.732. The summed E-state index contributed by atoms with van der Waals surface area (Å²) in [4.78, 5) is 13.5. The lowest BCUT2D eigenvalue weighted by Gasteiger charge is -2.36. The summed E-state index contributed by atoms with van der Waals surface area (Å²) in [5, 5.41) is 16.8. The number of halogens is 1. The van der Waals surface area contributed by atoms with Crippen LogP contribution in [0.15, 0.2) is 48.5 Å². The van der Waals surface area contributed by atoms with Gasteiger partial charge in [0, 0.05) is 36.3 Å². The molecule has 166 valence electrons. The number of aliphatic carboxylic acids is 1. The van der Waals surface area contributed by atoms with Crippen LogP contribution in [-0.4, -0.2) is 40.7 Å². The zero-order valence-corrected chi connectivity index (χ0v) is 19.2. The molecule has 2 aromatic rings. The van der Waals surface area contributed by atoms with Gasteiger partial charge in [-0.25, -0.2) is 0 Å². The highest BCUT2D eigenvalue weighted by Gasteiger charge is 2.25. The highest BCUT2D eigenvalue weighted by Crippen LogP contribution is 2.34. The lowest BCUT2D eigenvalue weighted by Crippen LogP contribution is -2.36. The minimum Gasteiger partial charge on any atom is -0.481 e. The van der Waals surface area contributed by atoms with Gasteiger partial charge in [0.15, 0.2) is 5.11 Å². The monoisotopic (exact) mass is 459 g/mol. The molecule has 1 aliphatic carbocycles. The lowest BCUT2D eigenvalue weighted by atomic mass is 9.86. The Bertz CT molecular complexity index is 875. The number of nitrogens with one attached hydrogen (secondary N) is 2. The largest absolute Gasteiger partial charge is 0.481 e. The number of carbonyl (C=O) groups is 1. The molecule has 0 saturated heterocycles. The molecule has 2 aromatic carbocycles. The minimum atomic E-state index is -0.732. The molecule has 0 amide bonds. The Labute approximate surface area is 194 Å². The molecule has 0 bridgehead atoms. The average Bonchev–Trinajstić information content (AvgIpc) is 2.76. The molecule has 1 atom stereocenters. The Morgan fingerprint density at radius 2 is 1.87 bits per heavy atom. The van der Waals surface area contributed by atoms with E-state index in [0.29, 0.717) is 22.6 Å². The van der Waals surface area contributed by atoms with Crippen molar-refractivity contribution in [3.05, 3.63) is 64.7 Å². The average molecular weight is 460 g/mol. The number of fused-ring (bicyclic) bond motifs is 1. The molecule has 0 aromatic heterocycles. The van der Waals surface area contributed by atoms with Crippen molar-refractivity contribution in [2.24, 2.45) is 0 Å². The van der Waals surface area contributed by atoms with Crippen molar-refractivity contribution in [2.45, 2.75) is 44.6 Å². The number of rotatable bonds is 10. The molecule has 31 heavy (non-hydrogen) atoms. The summed E-state index contributed by atoms with van der Waals surface area (Å²) in [6.07, 6.45) is 5.21. The van der Waals surface area contributed by atoms with Crippen molar-refractivity contribution < 1.29 is 9.90 Å². The van der Waals surface area contributed by atoms with Crippen molar-refractivity contribution in [1.29, 1.82) is 0 Å². The Kier molecular flexibility index (Phi) is 9.13. The van der Waals surface area contributed by atoms with Crippen molar-refractivity contribution in [2.75, 3.05) is 25.0 Å². The molecule has 0 radical (unpaired) electrons.